The van der Waals surface area contributed by atoms with Gasteiger partial charge in [0, 0.05) is 19.2 Å². The predicted octanol–water partition coefficient (Wildman–Crippen LogP) is 3.17. The van der Waals surface area contributed by atoms with Crippen molar-refractivity contribution in [3.05, 3.63) is 24.0 Å². The van der Waals surface area contributed by atoms with Gasteiger partial charge in [-0.2, -0.15) is 0 Å². The maximum atomic E-state index is 11.5. The van der Waals surface area contributed by atoms with Gasteiger partial charge in [-0.1, -0.05) is 13.8 Å². The number of alkyl carbamates (subject to hydrolysis) is 1. The van der Waals surface area contributed by atoms with Crippen molar-refractivity contribution >= 4 is 28.6 Å². The van der Waals surface area contributed by atoms with E-state index in [4.69, 9.17) is 14.5 Å². The van der Waals surface area contributed by atoms with Gasteiger partial charge in [0.05, 0.1) is 24.8 Å². The summed E-state index contributed by atoms with van der Waals surface area (Å²) < 4.78 is 12.4. The molecule has 0 aliphatic rings. The summed E-state index contributed by atoms with van der Waals surface area (Å²) in [6.45, 7) is 7.62. The number of amides is 1. The normalized spacial score (nSPS) is 11.2. The van der Waals surface area contributed by atoms with E-state index < -0.39 is 0 Å². The highest BCUT2D eigenvalue weighted by atomic mass is 16.5. The van der Waals surface area contributed by atoms with Crippen LogP contribution >= 0.6 is 0 Å². The van der Waals surface area contributed by atoms with Gasteiger partial charge in [0.25, 0.3) is 0 Å². The third-order valence-electron chi connectivity index (χ3n) is 4.41. The van der Waals surface area contributed by atoms with Crippen LogP contribution in [-0.2, 0) is 4.74 Å². The van der Waals surface area contributed by atoms with E-state index in [2.05, 4.69) is 20.8 Å². The van der Waals surface area contributed by atoms with Crippen LogP contribution < -0.4 is 15.4 Å². The van der Waals surface area contributed by atoms with Crippen molar-refractivity contribution in [2.45, 2.75) is 33.6 Å². The molecule has 29 heavy (non-hydrogen) atoms. The van der Waals surface area contributed by atoms with Crippen molar-refractivity contribution in [2.24, 2.45) is 5.92 Å². The summed E-state index contributed by atoms with van der Waals surface area (Å²) in [6, 6.07) is 5.75. The number of ether oxygens (including phenoxy) is 2. The summed E-state index contributed by atoms with van der Waals surface area (Å²) in [4.78, 5) is 16.2. The number of aryl methyl sites for hydroxylation is 1. The van der Waals surface area contributed by atoms with Gasteiger partial charge in [-0.15, -0.1) is 10.2 Å². The molecule has 9 heteroatoms. The molecule has 1 amide bonds. The molecule has 0 unspecified atom stereocenters. The predicted molar refractivity (Wildman–Crippen MR) is 111 cm³/mol. The molecule has 2 aromatic heterocycles. The molecule has 1 aromatic carbocycles. The Morgan fingerprint density at radius 1 is 1.21 bits per heavy atom. The Morgan fingerprint density at radius 2 is 2.00 bits per heavy atom. The molecule has 2 heterocycles. The highest BCUT2D eigenvalue weighted by Crippen LogP contribution is 2.24. The second-order valence-corrected chi connectivity index (χ2v) is 7.27. The lowest BCUT2D eigenvalue weighted by Crippen LogP contribution is -2.26. The van der Waals surface area contributed by atoms with Gasteiger partial charge in [0.1, 0.15) is 11.6 Å². The Hall–Kier alpha value is -3.10. The number of hydrogen-bond acceptors (Lipinski definition) is 7. The minimum atomic E-state index is -0.363. The standard InChI is InChI=1S/C20H28N6O3/c1-13(2)12-29-20(27)22-10-6-5-9-21-18-19-25-24-14(3)26(19)17-8-7-15(28-4)11-16(17)23-18/h7-8,11,13H,5-6,9-10,12H2,1-4H3,(H,21,23)(H,22,27). The number of benzene rings is 1. The molecular formula is C20H28N6O3. The van der Waals surface area contributed by atoms with Gasteiger partial charge in [-0.05, 0) is 37.8 Å². The lowest BCUT2D eigenvalue weighted by atomic mass is 10.2. The van der Waals surface area contributed by atoms with Crippen molar-refractivity contribution in [3.63, 3.8) is 0 Å². The van der Waals surface area contributed by atoms with Crippen LogP contribution in [0.3, 0.4) is 0 Å². The van der Waals surface area contributed by atoms with Gasteiger partial charge < -0.3 is 20.1 Å². The number of carbonyl (C=O) groups is 1. The average molecular weight is 400 g/mol. The molecule has 156 valence electrons. The quantitative estimate of drug-likeness (QED) is 0.532. The number of methoxy groups -OCH3 is 1. The summed E-state index contributed by atoms with van der Waals surface area (Å²) in [5.41, 5.74) is 2.42. The first-order valence-corrected chi connectivity index (χ1v) is 9.83. The Kier molecular flexibility index (Phi) is 6.69. The summed E-state index contributed by atoms with van der Waals surface area (Å²) in [5.74, 6) is 2.55. The number of fused-ring (bicyclic) bond motifs is 3. The third kappa shape index (κ3) is 5.04. The zero-order chi connectivity index (χ0) is 20.8. The number of nitrogens with one attached hydrogen (secondary N) is 2. The molecule has 0 bridgehead atoms. The van der Waals surface area contributed by atoms with E-state index in [9.17, 15) is 4.79 Å². The maximum Gasteiger partial charge on any atom is 0.407 e. The molecule has 0 saturated heterocycles. The zero-order valence-electron chi connectivity index (χ0n) is 17.4. The van der Waals surface area contributed by atoms with E-state index >= 15 is 0 Å². The number of nitrogens with zero attached hydrogens (tertiary/aromatic N) is 4. The van der Waals surface area contributed by atoms with Crippen LogP contribution in [-0.4, -0.2) is 52.5 Å². The van der Waals surface area contributed by atoms with Crippen LogP contribution in [0.15, 0.2) is 18.2 Å². The van der Waals surface area contributed by atoms with Crippen LogP contribution in [0.2, 0.25) is 0 Å². The van der Waals surface area contributed by atoms with Gasteiger partial charge in [-0.3, -0.25) is 4.40 Å². The van der Waals surface area contributed by atoms with Crippen LogP contribution in [0.25, 0.3) is 16.7 Å². The summed E-state index contributed by atoms with van der Waals surface area (Å²) >= 11 is 0. The van der Waals surface area contributed by atoms with Crippen LogP contribution in [0.4, 0.5) is 10.6 Å². The van der Waals surface area contributed by atoms with Crippen LogP contribution in [0.1, 0.15) is 32.5 Å². The second-order valence-electron chi connectivity index (χ2n) is 7.27. The van der Waals surface area contributed by atoms with E-state index in [1.54, 1.807) is 7.11 Å². The Bertz CT molecular complexity index is 985. The van der Waals surface area contributed by atoms with Crippen LogP contribution in [0, 0.1) is 12.8 Å². The number of carbonyl (C=O) groups excluding carboxylic acids is 1. The fourth-order valence-corrected chi connectivity index (χ4v) is 2.94. The number of rotatable bonds is 9. The minimum absolute atomic E-state index is 0.331. The molecule has 0 fully saturated rings. The van der Waals surface area contributed by atoms with Gasteiger partial charge in [-0.25, -0.2) is 9.78 Å². The second kappa shape index (κ2) is 9.40. The Morgan fingerprint density at radius 3 is 2.76 bits per heavy atom. The third-order valence-corrected chi connectivity index (χ3v) is 4.41. The molecule has 3 aromatic rings. The topological polar surface area (TPSA) is 103 Å². The first-order valence-electron chi connectivity index (χ1n) is 9.83. The monoisotopic (exact) mass is 400 g/mol. The Labute approximate surface area is 169 Å². The van der Waals surface area contributed by atoms with E-state index in [1.165, 1.54) is 0 Å². The number of hydrogen-bond donors (Lipinski definition) is 2. The van der Waals surface area contributed by atoms with Gasteiger partial charge in [0.15, 0.2) is 5.82 Å². The van der Waals surface area contributed by atoms with Gasteiger partial charge >= 0.3 is 6.09 Å². The number of anilines is 1. The number of unbranched alkanes of at least 4 members (excludes halogenated alkanes) is 1. The summed E-state index contributed by atoms with van der Waals surface area (Å²) in [7, 11) is 1.63. The lowest BCUT2D eigenvalue weighted by Gasteiger charge is -2.11. The highest BCUT2D eigenvalue weighted by molar-refractivity contribution is 5.84. The van der Waals surface area contributed by atoms with E-state index in [0.717, 1.165) is 35.4 Å². The Balaban J connectivity index is 1.59. The molecule has 0 aliphatic carbocycles. The molecule has 0 aliphatic heterocycles. The van der Waals surface area contributed by atoms with E-state index in [-0.39, 0.29) is 6.09 Å². The molecule has 2 N–H and O–H groups in total. The van der Waals surface area contributed by atoms with Crippen LogP contribution in [0.5, 0.6) is 5.75 Å². The average Bonchev–Trinajstić information content (AvgIpc) is 3.10. The molecule has 3 rings (SSSR count). The van der Waals surface area contributed by atoms with Crippen molar-refractivity contribution in [1.29, 1.82) is 0 Å². The summed E-state index contributed by atoms with van der Waals surface area (Å²) in [6.07, 6.45) is 1.33. The SMILES string of the molecule is COc1ccc2c(c1)nc(NCCCCNC(=O)OCC(C)C)c1nnc(C)n12. The fraction of sp³-hybridized carbons (Fsp3) is 0.500. The van der Waals surface area contributed by atoms with Crippen molar-refractivity contribution in [2.75, 3.05) is 32.1 Å². The van der Waals surface area contributed by atoms with E-state index in [0.29, 0.717) is 37.1 Å². The molecular weight excluding hydrogens is 372 g/mol. The summed E-state index contributed by atoms with van der Waals surface area (Å²) in [5, 5.41) is 14.6. The van der Waals surface area contributed by atoms with E-state index in [1.807, 2.05) is 43.4 Å². The zero-order valence-corrected chi connectivity index (χ0v) is 17.4. The fourth-order valence-electron chi connectivity index (χ4n) is 2.94. The molecule has 9 nitrogen and oxygen atoms in total. The van der Waals surface area contributed by atoms with Crippen molar-refractivity contribution in [1.82, 2.24) is 24.9 Å². The first kappa shape index (κ1) is 20.6. The molecule has 0 spiro atoms. The van der Waals surface area contributed by atoms with Crippen molar-refractivity contribution < 1.29 is 14.3 Å². The largest absolute Gasteiger partial charge is 0.497 e. The van der Waals surface area contributed by atoms with Crippen molar-refractivity contribution in [3.8, 4) is 5.75 Å². The minimum Gasteiger partial charge on any atom is -0.497 e. The first-order chi connectivity index (χ1) is 14.0. The highest BCUT2D eigenvalue weighted by Gasteiger charge is 2.13. The molecule has 0 atom stereocenters. The smallest absolute Gasteiger partial charge is 0.407 e. The number of aromatic nitrogens is 4. The molecule has 0 saturated carbocycles. The van der Waals surface area contributed by atoms with Gasteiger partial charge in [0.2, 0.25) is 5.65 Å². The lowest BCUT2D eigenvalue weighted by molar-refractivity contribution is 0.133. The molecule has 0 radical (unpaired) electrons. The maximum absolute atomic E-state index is 11.5.